The van der Waals surface area contributed by atoms with Gasteiger partial charge in [0.05, 0.1) is 17.2 Å². The van der Waals surface area contributed by atoms with Crippen LogP contribution in [0.2, 0.25) is 0 Å². The molecule has 1 aromatic heterocycles. The van der Waals surface area contributed by atoms with E-state index in [4.69, 9.17) is 0 Å². The molecule has 0 spiro atoms. The molecule has 0 saturated carbocycles. The molecule has 28 heavy (non-hydrogen) atoms. The van der Waals surface area contributed by atoms with Crippen LogP contribution in [0.15, 0.2) is 35.7 Å². The summed E-state index contributed by atoms with van der Waals surface area (Å²) >= 11 is 0. The van der Waals surface area contributed by atoms with Crippen molar-refractivity contribution >= 4 is 17.2 Å². The van der Waals surface area contributed by atoms with E-state index in [1.807, 2.05) is 23.0 Å². The predicted octanol–water partition coefficient (Wildman–Crippen LogP) is 5.84. The smallest absolute Gasteiger partial charge is 0.123 e. The molecule has 0 aliphatic heterocycles. The van der Waals surface area contributed by atoms with Gasteiger partial charge in [-0.25, -0.2) is 9.66 Å². The minimum atomic E-state index is -0.162. The summed E-state index contributed by atoms with van der Waals surface area (Å²) in [5.74, 6) is 0.385. The summed E-state index contributed by atoms with van der Waals surface area (Å²) < 4.78 is 1.81. The number of hydrogen-bond donors (Lipinski definition) is 1. The zero-order chi connectivity index (χ0) is 20.9. The van der Waals surface area contributed by atoms with Crippen LogP contribution in [0.5, 0.6) is 5.75 Å². The van der Waals surface area contributed by atoms with E-state index in [0.717, 1.165) is 27.7 Å². The van der Waals surface area contributed by atoms with Gasteiger partial charge in [0.25, 0.3) is 0 Å². The zero-order valence-electron chi connectivity index (χ0n) is 18.3. The van der Waals surface area contributed by atoms with Crippen LogP contribution in [0.3, 0.4) is 0 Å². The van der Waals surface area contributed by atoms with Crippen molar-refractivity contribution in [3.8, 4) is 5.75 Å². The number of hydrogen-bond acceptors (Lipinski definition) is 3. The van der Waals surface area contributed by atoms with E-state index in [2.05, 4.69) is 77.6 Å². The average molecular weight is 378 g/mol. The lowest BCUT2D eigenvalue weighted by atomic mass is 9.78. The van der Waals surface area contributed by atoms with Gasteiger partial charge < -0.3 is 5.11 Å². The third-order valence-electron chi connectivity index (χ3n) is 5.22. The Bertz CT molecular complexity index is 1020. The summed E-state index contributed by atoms with van der Waals surface area (Å²) in [4.78, 5) is 4.47. The molecule has 3 aromatic rings. The summed E-state index contributed by atoms with van der Waals surface area (Å²) in [5, 5.41) is 15.5. The molecule has 0 aliphatic rings. The molecule has 3 rings (SSSR count). The molecule has 0 radical (unpaired) electrons. The van der Waals surface area contributed by atoms with Crippen LogP contribution < -0.4 is 0 Å². The predicted molar refractivity (Wildman–Crippen MR) is 118 cm³/mol. The number of aromatic hydroxyl groups is 1. The number of aromatic nitrogens is 2. The van der Waals surface area contributed by atoms with Crippen LogP contribution in [0.4, 0.5) is 0 Å². The fourth-order valence-corrected chi connectivity index (χ4v) is 3.35. The molecule has 0 aliphatic carbocycles. The van der Waals surface area contributed by atoms with Crippen molar-refractivity contribution in [1.82, 2.24) is 9.66 Å². The molecule has 0 amide bonds. The lowest BCUT2D eigenvalue weighted by Crippen LogP contribution is -2.17. The molecule has 0 saturated heterocycles. The third kappa shape index (κ3) is 3.82. The van der Waals surface area contributed by atoms with Gasteiger partial charge in [-0.2, -0.15) is 5.10 Å². The van der Waals surface area contributed by atoms with E-state index in [9.17, 15) is 5.11 Å². The monoisotopic (exact) mass is 377 g/mol. The number of aryl methyl sites for hydroxylation is 2. The second-order valence-electron chi connectivity index (χ2n) is 9.72. The minimum absolute atomic E-state index is 0.162. The second kappa shape index (κ2) is 6.77. The second-order valence-corrected chi connectivity index (χ2v) is 9.72. The van der Waals surface area contributed by atoms with Crippen molar-refractivity contribution in [3.05, 3.63) is 58.4 Å². The molecule has 0 atom stereocenters. The number of benzene rings is 2. The van der Waals surface area contributed by atoms with E-state index in [1.54, 1.807) is 6.33 Å². The average Bonchev–Trinajstić information content (AvgIpc) is 2.94. The van der Waals surface area contributed by atoms with Crippen molar-refractivity contribution in [2.75, 3.05) is 0 Å². The van der Waals surface area contributed by atoms with Gasteiger partial charge in [0.15, 0.2) is 0 Å². The normalized spacial score (nSPS) is 13.0. The van der Waals surface area contributed by atoms with Gasteiger partial charge >= 0.3 is 0 Å². The summed E-state index contributed by atoms with van der Waals surface area (Å²) in [5.41, 5.74) is 6.89. The highest BCUT2D eigenvalue weighted by molar-refractivity contribution is 5.83. The van der Waals surface area contributed by atoms with Gasteiger partial charge in [-0.3, -0.25) is 0 Å². The number of nitrogens with zero attached hydrogens (tertiary/aromatic N) is 3. The topological polar surface area (TPSA) is 50.4 Å². The van der Waals surface area contributed by atoms with Crippen LogP contribution in [-0.4, -0.2) is 21.0 Å². The summed E-state index contributed by atoms with van der Waals surface area (Å²) in [7, 11) is 0. The van der Waals surface area contributed by atoms with Crippen molar-refractivity contribution in [3.63, 3.8) is 0 Å². The molecule has 0 fully saturated rings. The maximum absolute atomic E-state index is 10.9. The molecule has 148 valence electrons. The van der Waals surface area contributed by atoms with Crippen molar-refractivity contribution in [2.24, 2.45) is 5.10 Å². The maximum atomic E-state index is 10.9. The third-order valence-corrected chi connectivity index (χ3v) is 5.22. The lowest BCUT2D eigenvalue weighted by molar-refractivity contribution is 0.423. The van der Waals surface area contributed by atoms with Gasteiger partial charge in [0, 0.05) is 11.1 Å². The van der Waals surface area contributed by atoms with Crippen LogP contribution in [0.1, 0.15) is 69.4 Å². The molecular formula is C24H31N3O. The Hall–Kier alpha value is -2.62. The number of fused-ring (bicyclic) bond motifs is 1. The van der Waals surface area contributed by atoms with Crippen LogP contribution in [0.25, 0.3) is 11.0 Å². The first-order chi connectivity index (χ1) is 12.9. The van der Waals surface area contributed by atoms with Crippen molar-refractivity contribution in [2.45, 2.75) is 66.2 Å². The molecule has 4 nitrogen and oxygen atoms in total. The fourth-order valence-electron chi connectivity index (χ4n) is 3.35. The van der Waals surface area contributed by atoms with Gasteiger partial charge in [-0.05, 0) is 65.6 Å². The number of imidazole rings is 1. The van der Waals surface area contributed by atoms with E-state index in [1.165, 1.54) is 11.1 Å². The van der Waals surface area contributed by atoms with E-state index >= 15 is 0 Å². The Labute approximate surface area is 167 Å². The van der Waals surface area contributed by atoms with Crippen LogP contribution >= 0.6 is 0 Å². The minimum Gasteiger partial charge on any atom is -0.507 e. The van der Waals surface area contributed by atoms with E-state index in [0.29, 0.717) is 5.75 Å². The van der Waals surface area contributed by atoms with Crippen molar-refractivity contribution < 1.29 is 5.11 Å². The largest absolute Gasteiger partial charge is 0.507 e. The van der Waals surface area contributed by atoms with Crippen LogP contribution in [-0.2, 0) is 10.8 Å². The highest BCUT2D eigenvalue weighted by Crippen LogP contribution is 2.39. The molecular weight excluding hydrogens is 346 g/mol. The summed E-state index contributed by atoms with van der Waals surface area (Å²) in [6.07, 6.45) is 3.59. The van der Waals surface area contributed by atoms with Gasteiger partial charge in [-0.1, -0.05) is 41.5 Å². The molecule has 2 aromatic carbocycles. The molecule has 0 unspecified atom stereocenters. The number of phenols is 1. The standard InChI is InChI=1S/C24H31N3O/c1-15-9-20-21(10-16(15)2)27(14-25-20)26-13-17-11-18(23(3,4)5)22(28)19(12-17)24(6,7)8/h9-14,28H,1-8H3/b26-13-. The van der Waals surface area contributed by atoms with Gasteiger partial charge in [0.2, 0.25) is 0 Å². The van der Waals surface area contributed by atoms with Crippen molar-refractivity contribution in [1.29, 1.82) is 0 Å². The molecule has 4 heteroatoms. The Morgan fingerprint density at radius 1 is 0.893 bits per heavy atom. The fraction of sp³-hybridized carbons (Fsp3) is 0.417. The summed E-state index contributed by atoms with van der Waals surface area (Å²) in [6.45, 7) is 16.9. The number of rotatable bonds is 2. The molecule has 0 bridgehead atoms. The Balaban J connectivity index is 2.11. The summed E-state index contributed by atoms with van der Waals surface area (Å²) in [6, 6.07) is 8.27. The number of phenolic OH excluding ortho intramolecular Hbond substituents is 1. The first-order valence-electron chi connectivity index (χ1n) is 9.74. The van der Waals surface area contributed by atoms with E-state index in [-0.39, 0.29) is 10.8 Å². The Morgan fingerprint density at radius 2 is 1.43 bits per heavy atom. The SMILES string of the molecule is Cc1cc2ncn(/N=C\c3cc(C(C)(C)C)c(O)c(C(C)(C)C)c3)c2cc1C. The quantitative estimate of drug-likeness (QED) is 0.571. The maximum Gasteiger partial charge on any atom is 0.123 e. The lowest BCUT2D eigenvalue weighted by Gasteiger charge is -2.27. The van der Waals surface area contributed by atoms with E-state index < -0.39 is 0 Å². The first-order valence-corrected chi connectivity index (χ1v) is 9.74. The van der Waals surface area contributed by atoms with Gasteiger partial charge in [0.1, 0.15) is 12.1 Å². The zero-order valence-corrected chi connectivity index (χ0v) is 18.3. The Morgan fingerprint density at radius 3 is 1.96 bits per heavy atom. The van der Waals surface area contributed by atoms with Crippen LogP contribution in [0, 0.1) is 13.8 Å². The molecule has 1 heterocycles. The van der Waals surface area contributed by atoms with Gasteiger partial charge in [-0.15, -0.1) is 0 Å². The highest BCUT2D eigenvalue weighted by atomic mass is 16.3. The Kier molecular flexibility index (Phi) is 4.86. The molecule has 1 N–H and O–H groups in total. The first kappa shape index (κ1) is 20.1. The highest BCUT2D eigenvalue weighted by Gasteiger charge is 2.26.